The maximum atomic E-state index is 13.1. The van der Waals surface area contributed by atoms with Crippen LogP contribution < -0.4 is 16.6 Å². The average Bonchev–Trinajstić information content (AvgIpc) is 3.13. The van der Waals surface area contributed by atoms with E-state index in [-0.39, 0.29) is 31.3 Å². The number of nitrogens with one attached hydrogen (secondary N) is 1. The number of urea groups is 1. The van der Waals surface area contributed by atoms with E-state index in [1.54, 1.807) is 17.2 Å². The summed E-state index contributed by atoms with van der Waals surface area (Å²) in [6, 6.07) is 0.908. The van der Waals surface area contributed by atoms with Gasteiger partial charge >= 0.3 is 23.5 Å². The maximum absolute atomic E-state index is 13.1. The van der Waals surface area contributed by atoms with Gasteiger partial charge in [-0.05, 0) is 10.5 Å². The molecule has 0 aromatic carbocycles. The van der Waals surface area contributed by atoms with Crippen molar-refractivity contribution in [2.45, 2.75) is 31.7 Å². The van der Waals surface area contributed by atoms with Gasteiger partial charge in [-0.15, -0.1) is 0 Å². The van der Waals surface area contributed by atoms with E-state index in [2.05, 4.69) is 5.32 Å². The Balaban J connectivity index is 1.86. The molecule has 2 saturated heterocycles. The Kier molecular flexibility index (Phi) is 4.93. The molecule has 2 aliphatic heterocycles. The van der Waals surface area contributed by atoms with E-state index in [4.69, 9.17) is 4.74 Å². The molecule has 2 amide bonds. The highest BCUT2D eigenvalue weighted by molar-refractivity contribution is 7.35. The lowest BCUT2D eigenvalue weighted by Crippen LogP contribution is -2.48. The number of hydrogen-bond donors (Lipinski definition) is 1. The Bertz CT molecular complexity index is 1080. The van der Waals surface area contributed by atoms with Gasteiger partial charge < -0.3 is 15.0 Å². The molecule has 1 N–H and O–H groups in total. The van der Waals surface area contributed by atoms with Crippen LogP contribution >= 0.6 is 10.5 Å². The van der Waals surface area contributed by atoms with Crippen molar-refractivity contribution in [2.75, 3.05) is 26.3 Å². The van der Waals surface area contributed by atoms with E-state index in [9.17, 15) is 27.6 Å². The number of hydrogen-bond acceptors (Lipinski definition) is 4. The molecule has 4 rings (SSSR count). The molecule has 12 heteroatoms. The summed E-state index contributed by atoms with van der Waals surface area (Å²) in [5.41, 5.74) is -1.01. The van der Waals surface area contributed by atoms with Crippen LogP contribution in [0.1, 0.15) is 17.3 Å². The van der Waals surface area contributed by atoms with Gasteiger partial charge in [0.05, 0.1) is 32.2 Å². The fourth-order valence-corrected chi connectivity index (χ4v) is 5.35. The molecule has 8 nitrogen and oxygen atoms in total. The minimum Gasteiger partial charge on any atom is -0.377 e. The Morgan fingerprint density at radius 1 is 1.28 bits per heavy atom. The molecule has 29 heavy (non-hydrogen) atoms. The lowest BCUT2D eigenvalue weighted by atomic mass is 10.2. The predicted molar refractivity (Wildman–Crippen MR) is 100 cm³/mol. The molecule has 1 atom stereocenters. The lowest BCUT2D eigenvalue weighted by molar-refractivity contribution is -0.136. The van der Waals surface area contributed by atoms with Crippen LogP contribution in [-0.4, -0.2) is 52.5 Å². The third-order valence-corrected chi connectivity index (χ3v) is 7.30. The van der Waals surface area contributed by atoms with E-state index in [1.807, 2.05) is 0 Å². The number of carbonyl (C=O) groups excluding carboxylic acids is 1. The first-order valence-electron chi connectivity index (χ1n) is 9.10. The summed E-state index contributed by atoms with van der Waals surface area (Å²) in [5.74, 6) is 0. The van der Waals surface area contributed by atoms with Crippen molar-refractivity contribution >= 4 is 26.7 Å². The fourth-order valence-electron chi connectivity index (χ4n) is 3.61. The molecule has 2 aliphatic rings. The number of ether oxygens (including phenoxy) is 1. The van der Waals surface area contributed by atoms with Gasteiger partial charge in [0.2, 0.25) is 0 Å². The maximum Gasteiger partial charge on any atom is 0.390 e. The van der Waals surface area contributed by atoms with Crippen molar-refractivity contribution in [3.8, 4) is 0 Å². The van der Waals surface area contributed by atoms with Crippen LogP contribution in [0.4, 0.5) is 18.0 Å². The third kappa shape index (κ3) is 3.54. The fraction of sp³-hybridized carbons (Fsp3) is 0.588. The molecule has 2 fully saturated rings. The molecular weight excluding hydrogens is 413 g/mol. The Labute approximate surface area is 165 Å². The van der Waals surface area contributed by atoms with Crippen molar-refractivity contribution < 1.29 is 22.7 Å². The minimum atomic E-state index is -4.43. The van der Waals surface area contributed by atoms with Crippen LogP contribution in [0.3, 0.4) is 0 Å². The predicted octanol–water partition coefficient (Wildman–Crippen LogP) is 1.50. The second-order valence-corrected chi connectivity index (χ2v) is 9.11. The van der Waals surface area contributed by atoms with Gasteiger partial charge in [-0.25, -0.2) is 14.2 Å². The molecule has 2 aromatic rings. The molecule has 0 bridgehead atoms. The van der Waals surface area contributed by atoms with Crippen LogP contribution in [0, 0.1) is 0 Å². The third-order valence-electron chi connectivity index (χ3n) is 5.27. The van der Waals surface area contributed by atoms with Crippen LogP contribution in [0.5, 0.6) is 0 Å². The van der Waals surface area contributed by atoms with Crippen LogP contribution in [-0.2, 0) is 24.1 Å². The number of fused-ring (bicyclic) bond motifs is 1. The van der Waals surface area contributed by atoms with Crippen LogP contribution in [0.2, 0.25) is 0 Å². The largest absolute Gasteiger partial charge is 0.390 e. The number of nitrogens with zero attached hydrogens (tertiary/aromatic N) is 3. The Hall–Kier alpha value is -2.34. The number of alkyl halides is 3. The second kappa shape index (κ2) is 7.17. The molecule has 0 saturated carbocycles. The number of aromatic nitrogens is 2. The molecule has 0 aliphatic carbocycles. The van der Waals surface area contributed by atoms with Gasteiger partial charge in [-0.1, -0.05) is 0 Å². The van der Waals surface area contributed by atoms with E-state index >= 15 is 0 Å². The standard InChI is InChI=1S/C17H19F3N4O4S/c1-29-11(7-22-5-3-21-15(22)26)6-12-13(29)14(25)24(10-8-28-9-10)16(27)23(12)4-2-17(18,19)20/h6,10H,2-5,7-9H2,1H3/p+1. The van der Waals surface area contributed by atoms with Gasteiger partial charge in [0, 0.05) is 25.7 Å². The Morgan fingerprint density at radius 2 is 2.00 bits per heavy atom. The van der Waals surface area contributed by atoms with Gasteiger partial charge in [-0.3, -0.25) is 9.36 Å². The highest BCUT2D eigenvalue weighted by atomic mass is 32.2. The Morgan fingerprint density at radius 3 is 2.55 bits per heavy atom. The number of aryl methyl sites for hydroxylation is 2. The zero-order chi connectivity index (χ0) is 20.9. The summed E-state index contributed by atoms with van der Waals surface area (Å²) in [6.07, 6.45) is -3.80. The molecule has 158 valence electrons. The lowest BCUT2D eigenvalue weighted by Gasteiger charge is -2.27. The SMILES string of the molecule is C[s+]1c(CN2CCNC2=O)cc2c1c(=O)n(C1COC1)c(=O)n2CCC(F)(F)F. The summed E-state index contributed by atoms with van der Waals surface area (Å²) in [7, 11) is -0.732. The number of rotatable bonds is 5. The molecule has 0 spiro atoms. The first kappa shape index (κ1) is 20.0. The van der Waals surface area contributed by atoms with Crippen molar-refractivity contribution in [1.82, 2.24) is 19.4 Å². The average molecular weight is 433 g/mol. The molecular formula is C17H20F3N4O4S+. The number of carbonyl (C=O) groups is 1. The van der Waals surface area contributed by atoms with Crippen molar-refractivity contribution in [3.05, 3.63) is 31.8 Å². The molecule has 4 heterocycles. The van der Waals surface area contributed by atoms with Gasteiger partial charge in [-0.2, -0.15) is 13.2 Å². The zero-order valence-electron chi connectivity index (χ0n) is 15.6. The first-order valence-corrected chi connectivity index (χ1v) is 10.7. The summed E-state index contributed by atoms with van der Waals surface area (Å²) in [4.78, 5) is 40.2. The monoisotopic (exact) mass is 433 g/mol. The summed E-state index contributed by atoms with van der Waals surface area (Å²) >= 11 is 0. The van der Waals surface area contributed by atoms with Gasteiger partial charge in [0.15, 0.2) is 4.88 Å². The van der Waals surface area contributed by atoms with Crippen molar-refractivity contribution in [1.29, 1.82) is 0 Å². The second-order valence-electron chi connectivity index (χ2n) is 7.15. The number of thiophene rings is 1. The number of halogens is 3. The quantitative estimate of drug-likeness (QED) is 0.725. The normalized spacial score (nSPS) is 18.4. The summed E-state index contributed by atoms with van der Waals surface area (Å²) in [6.45, 7) is 1.08. The smallest absolute Gasteiger partial charge is 0.377 e. The van der Waals surface area contributed by atoms with E-state index in [0.717, 1.165) is 14.0 Å². The number of amides is 2. The van der Waals surface area contributed by atoms with Crippen molar-refractivity contribution in [2.24, 2.45) is 6.26 Å². The van der Waals surface area contributed by atoms with E-state index in [0.29, 0.717) is 17.8 Å². The van der Waals surface area contributed by atoms with Gasteiger partial charge in [0.25, 0.3) is 4.70 Å². The first-order chi connectivity index (χ1) is 13.7. The molecule has 1 unspecified atom stereocenters. The topological polar surface area (TPSA) is 85.6 Å². The van der Waals surface area contributed by atoms with Crippen molar-refractivity contribution in [3.63, 3.8) is 0 Å². The summed E-state index contributed by atoms with van der Waals surface area (Å²) < 4.78 is 46.0. The van der Waals surface area contributed by atoms with Gasteiger partial charge in [0.1, 0.15) is 11.8 Å². The zero-order valence-corrected chi connectivity index (χ0v) is 16.4. The minimum absolute atomic E-state index is 0.179. The highest BCUT2D eigenvalue weighted by Gasteiger charge is 2.34. The van der Waals surface area contributed by atoms with Crippen LogP contribution in [0.15, 0.2) is 15.7 Å². The van der Waals surface area contributed by atoms with Crippen LogP contribution in [0.25, 0.3) is 10.2 Å². The molecule has 0 radical (unpaired) electrons. The highest BCUT2D eigenvalue weighted by Crippen LogP contribution is 2.34. The molecule has 2 aromatic heterocycles. The van der Waals surface area contributed by atoms with E-state index < -0.39 is 46.9 Å². The van der Waals surface area contributed by atoms with E-state index in [1.165, 1.54) is 0 Å². The summed E-state index contributed by atoms with van der Waals surface area (Å²) in [5, 5.41) is 2.69.